The first kappa shape index (κ1) is 24.0. The molecule has 8 heteroatoms. The standard InChI is InChI=1S/C25H28N2O6/c1-4-15-32-18-11-9-17(10-12-18)21(28)13-14-23(30)33-16-22(29)27-20-8-6-5-7-19(20)26-24(31)25(27,2)3/h5-12H,4,13-16H2,1-3H3,(H,26,31). The molecular weight excluding hydrogens is 424 g/mol. The van der Waals surface area contributed by atoms with Gasteiger partial charge in [-0.3, -0.25) is 24.1 Å². The van der Waals surface area contributed by atoms with Gasteiger partial charge < -0.3 is 14.8 Å². The van der Waals surface area contributed by atoms with Crippen molar-refractivity contribution in [3.05, 3.63) is 54.1 Å². The number of esters is 1. The number of hydrogen-bond acceptors (Lipinski definition) is 6. The van der Waals surface area contributed by atoms with E-state index in [2.05, 4.69) is 5.32 Å². The second-order valence-corrected chi connectivity index (χ2v) is 8.22. The first-order valence-electron chi connectivity index (χ1n) is 10.9. The Morgan fingerprint density at radius 1 is 1.00 bits per heavy atom. The molecule has 0 aromatic heterocycles. The molecule has 1 N–H and O–H groups in total. The number of nitrogens with one attached hydrogen (secondary N) is 1. The van der Waals surface area contributed by atoms with Gasteiger partial charge in [0.05, 0.1) is 24.4 Å². The lowest BCUT2D eigenvalue weighted by Gasteiger charge is -2.41. The van der Waals surface area contributed by atoms with E-state index < -0.39 is 24.0 Å². The summed E-state index contributed by atoms with van der Waals surface area (Å²) in [5.41, 5.74) is 0.365. The van der Waals surface area contributed by atoms with Crippen molar-refractivity contribution in [2.45, 2.75) is 45.6 Å². The van der Waals surface area contributed by atoms with Crippen LogP contribution < -0.4 is 15.0 Å². The molecule has 0 atom stereocenters. The third kappa shape index (κ3) is 5.58. The number of carbonyl (C=O) groups is 4. The van der Waals surface area contributed by atoms with Gasteiger partial charge in [-0.25, -0.2) is 0 Å². The monoisotopic (exact) mass is 452 g/mol. The molecule has 2 aromatic carbocycles. The maximum atomic E-state index is 12.9. The number of benzene rings is 2. The predicted molar refractivity (Wildman–Crippen MR) is 123 cm³/mol. The average molecular weight is 453 g/mol. The third-order valence-corrected chi connectivity index (χ3v) is 5.32. The second-order valence-electron chi connectivity index (χ2n) is 8.22. The minimum absolute atomic E-state index is 0.0391. The fourth-order valence-corrected chi connectivity index (χ4v) is 3.49. The van der Waals surface area contributed by atoms with E-state index in [1.165, 1.54) is 4.90 Å². The highest BCUT2D eigenvalue weighted by Gasteiger charge is 2.43. The van der Waals surface area contributed by atoms with Gasteiger partial charge in [-0.2, -0.15) is 0 Å². The molecule has 1 aliphatic heterocycles. The largest absolute Gasteiger partial charge is 0.494 e. The summed E-state index contributed by atoms with van der Waals surface area (Å²) in [5, 5.41) is 2.78. The molecule has 33 heavy (non-hydrogen) atoms. The van der Waals surface area contributed by atoms with E-state index >= 15 is 0 Å². The quantitative estimate of drug-likeness (QED) is 0.459. The van der Waals surface area contributed by atoms with Crippen LogP contribution in [0.2, 0.25) is 0 Å². The summed E-state index contributed by atoms with van der Waals surface area (Å²) in [5.74, 6) is -1.04. The van der Waals surface area contributed by atoms with Crippen LogP contribution in [-0.4, -0.2) is 42.3 Å². The van der Waals surface area contributed by atoms with E-state index in [9.17, 15) is 19.2 Å². The first-order valence-corrected chi connectivity index (χ1v) is 10.9. The molecule has 8 nitrogen and oxygen atoms in total. The fourth-order valence-electron chi connectivity index (χ4n) is 3.49. The Hall–Kier alpha value is -3.68. The minimum Gasteiger partial charge on any atom is -0.494 e. The molecule has 1 aliphatic rings. The molecule has 3 rings (SSSR count). The summed E-state index contributed by atoms with van der Waals surface area (Å²) in [7, 11) is 0. The van der Waals surface area contributed by atoms with Crippen LogP contribution in [0.15, 0.2) is 48.5 Å². The zero-order valence-corrected chi connectivity index (χ0v) is 19.1. The molecule has 0 unspecified atom stereocenters. The molecule has 0 bridgehead atoms. The summed E-state index contributed by atoms with van der Waals surface area (Å²) in [6.07, 6.45) is 0.698. The van der Waals surface area contributed by atoms with E-state index in [1.807, 2.05) is 6.92 Å². The number of para-hydroxylation sites is 2. The van der Waals surface area contributed by atoms with E-state index in [0.717, 1.165) is 6.42 Å². The van der Waals surface area contributed by atoms with Crippen LogP contribution in [0, 0.1) is 0 Å². The number of hydrogen-bond donors (Lipinski definition) is 1. The van der Waals surface area contributed by atoms with Crippen LogP contribution in [0.25, 0.3) is 0 Å². The molecule has 0 fully saturated rings. The van der Waals surface area contributed by atoms with Crippen LogP contribution in [0.4, 0.5) is 11.4 Å². The van der Waals surface area contributed by atoms with Gasteiger partial charge in [0, 0.05) is 12.0 Å². The lowest BCUT2D eigenvalue weighted by Crippen LogP contribution is -2.59. The molecule has 0 radical (unpaired) electrons. The normalized spacial score (nSPS) is 14.2. The van der Waals surface area contributed by atoms with Crippen molar-refractivity contribution >= 4 is 34.9 Å². The highest BCUT2D eigenvalue weighted by molar-refractivity contribution is 6.14. The summed E-state index contributed by atoms with van der Waals surface area (Å²) < 4.78 is 10.6. The van der Waals surface area contributed by atoms with E-state index in [-0.39, 0.29) is 24.5 Å². The van der Waals surface area contributed by atoms with Crippen molar-refractivity contribution < 1.29 is 28.7 Å². The Kier molecular flexibility index (Phi) is 7.48. The number of ether oxygens (including phenoxy) is 2. The number of anilines is 2. The van der Waals surface area contributed by atoms with Crippen molar-refractivity contribution in [3.8, 4) is 5.75 Å². The first-order chi connectivity index (χ1) is 15.7. The SMILES string of the molecule is CCCOc1ccc(C(=O)CCC(=O)OCC(=O)N2c3ccccc3NC(=O)C2(C)C)cc1. The van der Waals surface area contributed by atoms with Crippen LogP contribution in [0.5, 0.6) is 5.75 Å². The molecular formula is C25H28N2O6. The summed E-state index contributed by atoms with van der Waals surface area (Å²) in [4.78, 5) is 51.2. The predicted octanol–water partition coefficient (Wildman–Crippen LogP) is 3.75. The van der Waals surface area contributed by atoms with Gasteiger partial charge in [-0.05, 0) is 56.7 Å². The molecule has 0 saturated carbocycles. The van der Waals surface area contributed by atoms with Crippen molar-refractivity contribution in [1.29, 1.82) is 0 Å². The highest BCUT2D eigenvalue weighted by atomic mass is 16.5. The Morgan fingerprint density at radius 2 is 1.70 bits per heavy atom. The average Bonchev–Trinajstić information content (AvgIpc) is 2.80. The number of nitrogens with zero attached hydrogens (tertiary/aromatic N) is 1. The molecule has 174 valence electrons. The molecule has 0 aliphatic carbocycles. The molecule has 2 aromatic rings. The van der Waals surface area contributed by atoms with E-state index in [0.29, 0.717) is 29.3 Å². The number of Topliss-reactive ketones (excluding diaryl/α,β-unsaturated/α-hetero) is 1. The van der Waals surface area contributed by atoms with Gasteiger partial charge in [0.2, 0.25) is 5.91 Å². The maximum Gasteiger partial charge on any atom is 0.306 e. The Bertz CT molecular complexity index is 1050. The van der Waals surface area contributed by atoms with Gasteiger partial charge in [0.25, 0.3) is 5.91 Å². The van der Waals surface area contributed by atoms with E-state index in [1.54, 1.807) is 62.4 Å². The van der Waals surface area contributed by atoms with Gasteiger partial charge in [-0.15, -0.1) is 0 Å². The van der Waals surface area contributed by atoms with Crippen LogP contribution in [0.3, 0.4) is 0 Å². The lowest BCUT2D eigenvalue weighted by atomic mass is 9.96. The van der Waals surface area contributed by atoms with Gasteiger partial charge >= 0.3 is 5.97 Å². The van der Waals surface area contributed by atoms with Gasteiger partial charge in [0.1, 0.15) is 11.3 Å². The van der Waals surface area contributed by atoms with Gasteiger partial charge in [0.15, 0.2) is 12.4 Å². The molecule has 1 heterocycles. The van der Waals surface area contributed by atoms with Crippen LogP contribution >= 0.6 is 0 Å². The number of carbonyl (C=O) groups excluding carboxylic acids is 4. The summed E-state index contributed by atoms with van der Waals surface area (Å²) in [6, 6.07) is 13.7. The number of fused-ring (bicyclic) bond motifs is 1. The minimum atomic E-state index is -1.15. The molecule has 0 spiro atoms. The third-order valence-electron chi connectivity index (χ3n) is 5.32. The van der Waals surface area contributed by atoms with Crippen LogP contribution in [0.1, 0.15) is 50.4 Å². The molecule has 0 saturated heterocycles. The zero-order chi connectivity index (χ0) is 24.0. The van der Waals surface area contributed by atoms with Crippen molar-refractivity contribution in [2.75, 3.05) is 23.4 Å². The lowest BCUT2D eigenvalue weighted by molar-refractivity contribution is -0.148. The van der Waals surface area contributed by atoms with Crippen LogP contribution in [-0.2, 0) is 19.1 Å². The smallest absolute Gasteiger partial charge is 0.306 e. The second kappa shape index (κ2) is 10.3. The van der Waals surface area contributed by atoms with Crippen molar-refractivity contribution in [2.24, 2.45) is 0 Å². The highest BCUT2D eigenvalue weighted by Crippen LogP contribution is 2.36. The number of amides is 2. The fraction of sp³-hybridized carbons (Fsp3) is 0.360. The number of rotatable bonds is 9. The summed E-state index contributed by atoms with van der Waals surface area (Å²) >= 11 is 0. The Morgan fingerprint density at radius 3 is 2.39 bits per heavy atom. The van der Waals surface area contributed by atoms with Crippen molar-refractivity contribution in [1.82, 2.24) is 0 Å². The topological polar surface area (TPSA) is 102 Å². The molecule has 2 amide bonds. The van der Waals surface area contributed by atoms with Crippen molar-refractivity contribution in [3.63, 3.8) is 0 Å². The van der Waals surface area contributed by atoms with Gasteiger partial charge in [-0.1, -0.05) is 19.1 Å². The maximum absolute atomic E-state index is 12.9. The summed E-state index contributed by atoms with van der Waals surface area (Å²) in [6.45, 7) is 5.32. The Labute approximate surface area is 192 Å². The Balaban J connectivity index is 1.54. The van der Waals surface area contributed by atoms with E-state index in [4.69, 9.17) is 9.47 Å². The number of ketones is 1. The zero-order valence-electron chi connectivity index (χ0n) is 19.1.